The van der Waals surface area contributed by atoms with Gasteiger partial charge >= 0.3 is 5.97 Å². The highest BCUT2D eigenvalue weighted by Crippen LogP contribution is 2.36. The van der Waals surface area contributed by atoms with Crippen molar-refractivity contribution in [2.45, 2.75) is 0 Å². The van der Waals surface area contributed by atoms with Crippen molar-refractivity contribution in [3.63, 3.8) is 0 Å². The topological polar surface area (TPSA) is 136 Å². The monoisotopic (exact) mass is 363 g/mol. The summed E-state index contributed by atoms with van der Waals surface area (Å²) < 4.78 is 4.63. The van der Waals surface area contributed by atoms with Crippen LogP contribution in [0.1, 0.15) is 20.7 Å². The van der Waals surface area contributed by atoms with Gasteiger partial charge in [0.1, 0.15) is 28.1 Å². The van der Waals surface area contributed by atoms with Gasteiger partial charge in [-0.1, -0.05) is 24.3 Å². The summed E-state index contributed by atoms with van der Waals surface area (Å²) in [6.45, 7) is 0. The summed E-state index contributed by atoms with van der Waals surface area (Å²) >= 11 is 0. The summed E-state index contributed by atoms with van der Waals surface area (Å²) in [5.74, 6) is -2.19. The maximum Gasteiger partial charge on any atom is 0.341 e. The Balaban J connectivity index is 2.21. The van der Waals surface area contributed by atoms with E-state index in [0.717, 1.165) is 0 Å². The number of phenolic OH excluding ortho intramolecular Hbond substituents is 1. The van der Waals surface area contributed by atoms with Crippen LogP contribution in [-0.2, 0) is 4.74 Å². The van der Waals surface area contributed by atoms with E-state index in [2.05, 4.69) is 14.7 Å². The van der Waals surface area contributed by atoms with Crippen LogP contribution in [0.5, 0.6) is 11.5 Å². The fourth-order valence-corrected chi connectivity index (χ4v) is 3.10. The van der Waals surface area contributed by atoms with Crippen molar-refractivity contribution >= 4 is 44.7 Å². The van der Waals surface area contributed by atoms with Gasteiger partial charge in [0, 0.05) is 16.8 Å². The Morgan fingerprint density at radius 1 is 1.00 bits per heavy atom. The smallest absolute Gasteiger partial charge is 0.341 e. The minimum atomic E-state index is -0.858. The van der Waals surface area contributed by atoms with E-state index >= 15 is 0 Å². The number of aromatic hydroxyl groups is 2. The summed E-state index contributed by atoms with van der Waals surface area (Å²) in [5.41, 5.74) is 6.19. The average molecular weight is 363 g/mol. The van der Waals surface area contributed by atoms with Crippen LogP contribution in [0, 0.1) is 0 Å². The SMILES string of the molecule is COC(=O)c1cc2nc3c(C(N)=O)c(O)c4ccccc4c3nc2cc1O. The maximum absolute atomic E-state index is 12.0. The molecule has 0 radical (unpaired) electrons. The molecular weight excluding hydrogens is 350 g/mol. The number of ether oxygens (including phenoxy) is 1. The number of carbonyl (C=O) groups excluding carboxylic acids is 2. The van der Waals surface area contributed by atoms with E-state index in [1.807, 2.05) is 0 Å². The van der Waals surface area contributed by atoms with E-state index in [1.165, 1.54) is 19.2 Å². The number of carbonyl (C=O) groups is 2. The zero-order valence-corrected chi connectivity index (χ0v) is 14.1. The van der Waals surface area contributed by atoms with E-state index in [1.54, 1.807) is 24.3 Å². The molecule has 0 unspecified atom stereocenters. The highest BCUT2D eigenvalue weighted by Gasteiger charge is 2.21. The molecule has 4 N–H and O–H groups in total. The van der Waals surface area contributed by atoms with E-state index < -0.39 is 11.9 Å². The summed E-state index contributed by atoms with van der Waals surface area (Å²) in [5, 5.41) is 21.6. The number of primary amides is 1. The number of amides is 1. The van der Waals surface area contributed by atoms with Gasteiger partial charge in [-0.2, -0.15) is 0 Å². The molecule has 1 aromatic heterocycles. The molecule has 0 saturated heterocycles. The summed E-state index contributed by atoms with van der Waals surface area (Å²) in [6, 6.07) is 9.43. The van der Waals surface area contributed by atoms with Gasteiger partial charge in [-0.15, -0.1) is 0 Å². The number of nitrogens with two attached hydrogens (primary N) is 1. The first kappa shape index (κ1) is 16.5. The number of benzene rings is 3. The normalized spacial score (nSPS) is 11.1. The number of methoxy groups -OCH3 is 1. The van der Waals surface area contributed by atoms with Crippen LogP contribution < -0.4 is 5.73 Å². The number of esters is 1. The first-order valence-electron chi connectivity index (χ1n) is 7.88. The lowest BCUT2D eigenvalue weighted by molar-refractivity contribution is 0.0597. The van der Waals surface area contributed by atoms with Gasteiger partial charge in [-0.25, -0.2) is 14.8 Å². The third kappa shape index (κ3) is 2.38. The van der Waals surface area contributed by atoms with Gasteiger partial charge in [0.2, 0.25) is 0 Å². The molecule has 134 valence electrons. The largest absolute Gasteiger partial charge is 0.507 e. The molecule has 8 heteroatoms. The number of phenols is 2. The molecule has 0 saturated carbocycles. The van der Waals surface area contributed by atoms with Crippen LogP contribution in [0.4, 0.5) is 0 Å². The predicted molar refractivity (Wildman–Crippen MR) is 97.7 cm³/mol. The van der Waals surface area contributed by atoms with Crippen LogP contribution in [0.2, 0.25) is 0 Å². The van der Waals surface area contributed by atoms with Crippen molar-refractivity contribution in [1.29, 1.82) is 0 Å². The third-order valence-corrected chi connectivity index (χ3v) is 4.34. The Hall–Kier alpha value is -3.94. The molecular formula is C19H13N3O5. The first-order valence-corrected chi connectivity index (χ1v) is 7.88. The number of rotatable bonds is 2. The second-order valence-corrected chi connectivity index (χ2v) is 5.90. The van der Waals surface area contributed by atoms with Crippen molar-refractivity contribution in [3.05, 3.63) is 47.5 Å². The second kappa shape index (κ2) is 5.80. The van der Waals surface area contributed by atoms with Crippen molar-refractivity contribution in [1.82, 2.24) is 9.97 Å². The molecule has 1 amide bonds. The molecule has 27 heavy (non-hydrogen) atoms. The highest BCUT2D eigenvalue weighted by molar-refractivity contribution is 6.19. The Bertz CT molecular complexity index is 1280. The molecule has 0 aliphatic carbocycles. The van der Waals surface area contributed by atoms with Crippen LogP contribution in [0.25, 0.3) is 32.8 Å². The van der Waals surface area contributed by atoms with Crippen molar-refractivity contribution in [3.8, 4) is 11.5 Å². The number of hydrogen-bond acceptors (Lipinski definition) is 7. The van der Waals surface area contributed by atoms with Gasteiger partial charge in [-0.3, -0.25) is 4.79 Å². The zero-order chi connectivity index (χ0) is 19.3. The van der Waals surface area contributed by atoms with Crippen molar-refractivity contribution in [2.24, 2.45) is 5.73 Å². The van der Waals surface area contributed by atoms with E-state index in [-0.39, 0.29) is 33.7 Å². The Kier molecular flexibility index (Phi) is 3.55. The van der Waals surface area contributed by atoms with Crippen LogP contribution in [0.15, 0.2) is 36.4 Å². The minimum absolute atomic E-state index is 0.0933. The lowest BCUT2D eigenvalue weighted by Crippen LogP contribution is -2.13. The molecule has 8 nitrogen and oxygen atoms in total. The van der Waals surface area contributed by atoms with Crippen LogP contribution in [0.3, 0.4) is 0 Å². The van der Waals surface area contributed by atoms with E-state index in [4.69, 9.17) is 5.73 Å². The molecule has 4 aromatic rings. The molecule has 0 bridgehead atoms. The van der Waals surface area contributed by atoms with E-state index in [9.17, 15) is 19.8 Å². The molecule has 0 atom stereocenters. The zero-order valence-electron chi connectivity index (χ0n) is 14.1. The van der Waals surface area contributed by atoms with Gasteiger partial charge in [0.05, 0.1) is 23.7 Å². The van der Waals surface area contributed by atoms with E-state index in [0.29, 0.717) is 21.8 Å². The summed E-state index contributed by atoms with van der Waals surface area (Å²) in [6.07, 6.45) is 0. The fourth-order valence-electron chi connectivity index (χ4n) is 3.10. The predicted octanol–water partition coefficient (Wildman–Crippen LogP) is 2.23. The van der Waals surface area contributed by atoms with Gasteiger partial charge in [0.25, 0.3) is 5.91 Å². The number of fused-ring (bicyclic) bond motifs is 4. The molecule has 0 aliphatic rings. The first-order chi connectivity index (χ1) is 12.9. The second-order valence-electron chi connectivity index (χ2n) is 5.90. The standard InChI is InChI=1S/C19H13N3O5/c1-27-19(26)10-6-11-12(7-13(10)23)21-15-8-4-2-3-5-9(8)17(24)14(18(20)25)16(15)22-11/h2-7,23-24H,1H3,(H2,20,25). The Labute approximate surface area is 151 Å². The molecule has 4 rings (SSSR count). The highest BCUT2D eigenvalue weighted by atomic mass is 16.5. The number of nitrogens with zero attached hydrogens (tertiary/aromatic N) is 2. The quantitative estimate of drug-likeness (QED) is 0.282. The number of hydrogen-bond donors (Lipinski definition) is 3. The van der Waals surface area contributed by atoms with Crippen molar-refractivity contribution in [2.75, 3.05) is 7.11 Å². The van der Waals surface area contributed by atoms with Crippen molar-refractivity contribution < 1.29 is 24.5 Å². The van der Waals surface area contributed by atoms with Gasteiger partial charge in [0.15, 0.2) is 0 Å². The molecule has 1 heterocycles. The molecule has 0 spiro atoms. The summed E-state index contributed by atoms with van der Waals surface area (Å²) in [4.78, 5) is 32.6. The van der Waals surface area contributed by atoms with Crippen LogP contribution in [-0.4, -0.2) is 39.2 Å². The summed E-state index contributed by atoms with van der Waals surface area (Å²) in [7, 11) is 1.19. The lowest BCUT2D eigenvalue weighted by atomic mass is 10.0. The molecule has 3 aromatic carbocycles. The van der Waals surface area contributed by atoms with Gasteiger partial charge in [-0.05, 0) is 6.07 Å². The Morgan fingerprint density at radius 2 is 1.63 bits per heavy atom. The van der Waals surface area contributed by atoms with Gasteiger partial charge < -0.3 is 20.7 Å². The average Bonchev–Trinajstić information content (AvgIpc) is 2.66. The molecule has 0 aliphatic heterocycles. The maximum atomic E-state index is 12.0. The van der Waals surface area contributed by atoms with Crippen LogP contribution >= 0.6 is 0 Å². The minimum Gasteiger partial charge on any atom is -0.507 e. The number of aromatic nitrogens is 2. The lowest BCUT2D eigenvalue weighted by Gasteiger charge is -2.12. The Morgan fingerprint density at radius 3 is 2.30 bits per heavy atom. The third-order valence-electron chi connectivity index (χ3n) is 4.34. The molecule has 0 fully saturated rings. The fraction of sp³-hybridized carbons (Fsp3) is 0.0526.